The lowest BCUT2D eigenvalue weighted by Crippen LogP contribution is -2.39. The first-order valence-electron chi connectivity index (χ1n) is 5.64. The molecule has 8 heteroatoms. The van der Waals surface area contributed by atoms with Crippen molar-refractivity contribution in [3.63, 3.8) is 0 Å². The van der Waals surface area contributed by atoms with Crippen molar-refractivity contribution in [2.24, 2.45) is 5.84 Å². The quantitative estimate of drug-likeness (QED) is 0.353. The molecule has 0 radical (unpaired) electrons. The van der Waals surface area contributed by atoms with Gasteiger partial charge in [-0.15, -0.1) is 0 Å². The Balaban J connectivity index is 2.63. The van der Waals surface area contributed by atoms with E-state index in [9.17, 15) is 9.59 Å². The number of nitrogen functional groups attached to an aromatic ring is 1. The third kappa shape index (κ3) is 5.11. The van der Waals surface area contributed by atoms with Crippen molar-refractivity contribution in [3.8, 4) is 0 Å². The number of nitrogens with one attached hydrogen (secondary N) is 3. The molecule has 0 unspecified atom stereocenters. The summed E-state index contributed by atoms with van der Waals surface area (Å²) >= 11 is 5.74. The lowest BCUT2D eigenvalue weighted by Gasteiger charge is -2.10. The second-order valence-corrected chi connectivity index (χ2v) is 4.50. The fourth-order valence-electron chi connectivity index (χ4n) is 1.34. The van der Waals surface area contributed by atoms with E-state index in [1.165, 1.54) is 12.1 Å². The Labute approximate surface area is 115 Å². The maximum atomic E-state index is 11.8. The highest BCUT2D eigenvalue weighted by atomic mass is 35.5. The van der Waals surface area contributed by atoms with Gasteiger partial charge in [-0.25, -0.2) is 10.8 Å². The Bertz CT molecular complexity index is 478. The Morgan fingerprint density at radius 1 is 1.42 bits per heavy atom. The van der Waals surface area contributed by atoms with Gasteiger partial charge in [-0.05, 0) is 26.0 Å². The van der Waals surface area contributed by atoms with Crippen molar-refractivity contribution in [1.29, 1.82) is 0 Å². The minimum atomic E-state index is -0.431. The molecule has 1 heterocycles. The van der Waals surface area contributed by atoms with Crippen molar-refractivity contribution >= 4 is 29.2 Å². The number of pyridine rings is 1. The van der Waals surface area contributed by atoms with Crippen LogP contribution in [-0.4, -0.2) is 29.4 Å². The van der Waals surface area contributed by atoms with Crippen LogP contribution in [0.4, 0.5) is 5.82 Å². The van der Waals surface area contributed by atoms with Crippen LogP contribution in [0.1, 0.15) is 24.2 Å². The maximum Gasteiger partial charge on any atom is 0.251 e. The van der Waals surface area contributed by atoms with Crippen molar-refractivity contribution in [3.05, 3.63) is 22.8 Å². The molecule has 1 aromatic heterocycles. The predicted molar refractivity (Wildman–Crippen MR) is 72.7 cm³/mol. The van der Waals surface area contributed by atoms with E-state index >= 15 is 0 Å². The number of hydrazine groups is 1. The van der Waals surface area contributed by atoms with E-state index in [1.54, 1.807) is 0 Å². The van der Waals surface area contributed by atoms with Crippen molar-refractivity contribution < 1.29 is 9.59 Å². The van der Waals surface area contributed by atoms with Gasteiger partial charge in [0.15, 0.2) is 0 Å². The van der Waals surface area contributed by atoms with E-state index in [2.05, 4.69) is 21.0 Å². The minimum absolute atomic E-state index is 0.0211. The molecule has 5 N–H and O–H groups in total. The third-order valence-electron chi connectivity index (χ3n) is 2.06. The van der Waals surface area contributed by atoms with Gasteiger partial charge in [0, 0.05) is 11.6 Å². The van der Waals surface area contributed by atoms with Gasteiger partial charge in [-0.1, -0.05) is 11.6 Å². The average Bonchev–Trinajstić information content (AvgIpc) is 2.34. The molecule has 1 rings (SSSR count). The second kappa shape index (κ2) is 6.91. The van der Waals surface area contributed by atoms with Crippen LogP contribution in [0.5, 0.6) is 0 Å². The number of aromatic nitrogens is 1. The van der Waals surface area contributed by atoms with Crippen LogP contribution in [0.25, 0.3) is 0 Å². The zero-order valence-corrected chi connectivity index (χ0v) is 11.4. The summed E-state index contributed by atoms with van der Waals surface area (Å²) in [5, 5.41) is 5.27. The smallest absolute Gasteiger partial charge is 0.251 e. The zero-order valence-electron chi connectivity index (χ0n) is 10.7. The molecule has 104 valence electrons. The van der Waals surface area contributed by atoms with Gasteiger partial charge in [0.05, 0.1) is 6.54 Å². The first-order chi connectivity index (χ1) is 8.92. The van der Waals surface area contributed by atoms with Crippen LogP contribution >= 0.6 is 11.6 Å². The van der Waals surface area contributed by atoms with Gasteiger partial charge < -0.3 is 16.1 Å². The number of amides is 2. The number of carbonyl (C=O) groups excluding carboxylic acids is 2. The van der Waals surface area contributed by atoms with Crippen LogP contribution in [0.3, 0.4) is 0 Å². The largest absolute Gasteiger partial charge is 0.352 e. The minimum Gasteiger partial charge on any atom is -0.352 e. The van der Waals surface area contributed by atoms with Gasteiger partial charge in [-0.3, -0.25) is 9.59 Å². The summed E-state index contributed by atoms with van der Waals surface area (Å²) in [6, 6.07) is 2.84. The molecule has 2 amide bonds. The van der Waals surface area contributed by atoms with Gasteiger partial charge >= 0.3 is 0 Å². The molecule has 0 aliphatic carbocycles. The van der Waals surface area contributed by atoms with E-state index in [4.69, 9.17) is 17.4 Å². The summed E-state index contributed by atoms with van der Waals surface area (Å²) in [4.78, 5) is 27.0. The van der Waals surface area contributed by atoms with E-state index in [0.29, 0.717) is 0 Å². The van der Waals surface area contributed by atoms with Gasteiger partial charge in [0.25, 0.3) is 5.91 Å². The molecule has 0 bridgehead atoms. The first-order valence-corrected chi connectivity index (χ1v) is 6.02. The first kappa shape index (κ1) is 15.2. The van der Waals surface area contributed by atoms with Crippen LogP contribution in [0, 0.1) is 0 Å². The molecule has 19 heavy (non-hydrogen) atoms. The number of hydrogen-bond acceptors (Lipinski definition) is 5. The molecule has 7 nitrogen and oxygen atoms in total. The third-order valence-corrected chi connectivity index (χ3v) is 2.26. The van der Waals surface area contributed by atoms with Crippen LogP contribution in [0.15, 0.2) is 12.1 Å². The number of anilines is 1. The maximum absolute atomic E-state index is 11.8. The fourth-order valence-corrected chi connectivity index (χ4v) is 1.55. The number of rotatable bonds is 5. The molecule has 0 fully saturated rings. The molecule has 0 aliphatic heterocycles. The molecule has 0 aromatic carbocycles. The van der Waals surface area contributed by atoms with Crippen LogP contribution in [-0.2, 0) is 4.79 Å². The highest BCUT2D eigenvalue weighted by Crippen LogP contribution is 2.13. The predicted octanol–water partition coefficient (Wildman–Crippen LogP) is 0.275. The Morgan fingerprint density at radius 3 is 2.68 bits per heavy atom. The summed E-state index contributed by atoms with van der Waals surface area (Å²) in [5.41, 5.74) is 2.57. The summed E-state index contributed by atoms with van der Waals surface area (Å²) in [7, 11) is 0. The lowest BCUT2D eigenvalue weighted by molar-refractivity contribution is -0.120. The molecule has 0 saturated carbocycles. The average molecular weight is 286 g/mol. The monoisotopic (exact) mass is 285 g/mol. The Kier molecular flexibility index (Phi) is 5.53. The highest BCUT2D eigenvalue weighted by molar-refractivity contribution is 6.29. The molecule has 0 saturated heterocycles. The second-order valence-electron chi connectivity index (χ2n) is 4.11. The lowest BCUT2D eigenvalue weighted by atomic mass is 10.2. The number of carbonyl (C=O) groups is 2. The molecular formula is C11H16ClN5O2. The van der Waals surface area contributed by atoms with E-state index < -0.39 is 5.91 Å². The van der Waals surface area contributed by atoms with Crippen molar-refractivity contribution in [2.45, 2.75) is 19.9 Å². The summed E-state index contributed by atoms with van der Waals surface area (Å²) < 4.78 is 0. The number of nitrogens with two attached hydrogens (primary N) is 1. The van der Waals surface area contributed by atoms with Crippen molar-refractivity contribution in [2.75, 3.05) is 12.0 Å². The SMILES string of the molecule is CC(C)NC(=O)CNC(=O)c1cc(Cl)nc(NN)c1. The topological polar surface area (TPSA) is 109 Å². The Hall–Kier alpha value is -1.86. The fraction of sp³-hybridized carbons (Fsp3) is 0.364. The Morgan fingerprint density at radius 2 is 2.11 bits per heavy atom. The van der Waals surface area contributed by atoms with Crippen molar-refractivity contribution in [1.82, 2.24) is 15.6 Å². The highest BCUT2D eigenvalue weighted by Gasteiger charge is 2.11. The normalized spacial score (nSPS) is 10.2. The molecule has 0 atom stereocenters. The van der Waals surface area contributed by atoms with E-state index in [-0.39, 0.29) is 35.0 Å². The summed E-state index contributed by atoms with van der Waals surface area (Å²) in [6.45, 7) is 3.56. The van der Waals surface area contributed by atoms with Gasteiger partial charge in [0.1, 0.15) is 11.0 Å². The van der Waals surface area contributed by atoms with Gasteiger partial charge in [-0.2, -0.15) is 0 Å². The molecule has 1 aromatic rings. The van der Waals surface area contributed by atoms with Crippen LogP contribution in [0.2, 0.25) is 5.15 Å². The number of halogens is 1. The number of hydrogen-bond donors (Lipinski definition) is 4. The standard InChI is InChI=1S/C11H16ClN5O2/c1-6(2)15-10(18)5-14-11(19)7-3-8(12)16-9(4-7)17-13/h3-4,6H,5,13H2,1-2H3,(H,14,19)(H,15,18)(H,16,17). The summed E-state index contributed by atoms with van der Waals surface area (Å²) in [6.07, 6.45) is 0. The molecule has 0 aliphatic rings. The van der Waals surface area contributed by atoms with Gasteiger partial charge in [0.2, 0.25) is 5.91 Å². The molecular weight excluding hydrogens is 270 g/mol. The van der Waals surface area contributed by atoms with Crippen LogP contribution < -0.4 is 21.9 Å². The number of nitrogens with zero attached hydrogens (tertiary/aromatic N) is 1. The summed E-state index contributed by atoms with van der Waals surface area (Å²) in [5.74, 6) is 4.77. The van der Waals surface area contributed by atoms with E-state index in [0.717, 1.165) is 0 Å². The molecule has 0 spiro atoms. The van der Waals surface area contributed by atoms with E-state index in [1.807, 2.05) is 13.8 Å². The zero-order chi connectivity index (χ0) is 14.4.